The molecule has 0 saturated heterocycles. The Kier molecular flexibility index (Phi) is 4.42. The smallest absolute Gasteiger partial charge is 0.343 e. The third-order valence-electron chi connectivity index (χ3n) is 2.07. The second-order valence-electron chi connectivity index (χ2n) is 3.10. The number of aryl methyl sites for hydroxylation is 1. The highest BCUT2D eigenvalue weighted by Crippen LogP contribution is 2.16. The van der Waals surface area contributed by atoms with Gasteiger partial charge in [-0.25, -0.2) is 4.79 Å². The molecule has 0 aromatic carbocycles. The molecule has 0 aliphatic carbocycles. The molecule has 0 radical (unpaired) electrons. The molecule has 0 bridgehead atoms. The number of hydrogen-bond donors (Lipinski definition) is 2. The lowest BCUT2D eigenvalue weighted by Crippen LogP contribution is -2.07. The Morgan fingerprint density at radius 2 is 2.33 bits per heavy atom. The Morgan fingerprint density at radius 1 is 1.60 bits per heavy atom. The van der Waals surface area contributed by atoms with Crippen molar-refractivity contribution in [1.29, 1.82) is 0 Å². The van der Waals surface area contributed by atoms with Gasteiger partial charge in [-0.05, 0) is 19.3 Å². The van der Waals surface area contributed by atoms with Crippen molar-refractivity contribution >= 4 is 23.4 Å². The molecule has 1 rings (SSSR count). The van der Waals surface area contributed by atoms with E-state index in [-0.39, 0.29) is 5.82 Å². The number of anilines is 1. The van der Waals surface area contributed by atoms with Gasteiger partial charge in [0.05, 0.1) is 12.8 Å². The van der Waals surface area contributed by atoms with Crippen LogP contribution in [0.15, 0.2) is 0 Å². The van der Waals surface area contributed by atoms with Crippen LogP contribution in [0.2, 0.25) is 0 Å². The van der Waals surface area contributed by atoms with Gasteiger partial charge in [0.1, 0.15) is 5.56 Å². The Hall–Kier alpha value is -1.23. The van der Waals surface area contributed by atoms with Crippen molar-refractivity contribution in [3.05, 3.63) is 11.3 Å². The van der Waals surface area contributed by atoms with Gasteiger partial charge in [-0.2, -0.15) is 5.10 Å². The second kappa shape index (κ2) is 5.60. The van der Waals surface area contributed by atoms with Crippen molar-refractivity contribution in [3.8, 4) is 0 Å². The number of H-pyrrole nitrogens is 1. The van der Waals surface area contributed by atoms with Gasteiger partial charge in [-0.1, -0.05) is 0 Å². The van der Waals surface area contributed by atoms with Crippen molar-refractivity contribution in [2.24, 2.45) is 0 Å². The van der Waals surface area contributed by atoms with E-state index in [4.69, 9.17) is 17.3 Å². The number of halogens is 1. The van der Waals surface area contributed by atoms with Crippen molar-refractivity contribution in [3.63, 3.8) is 0 Å². The summed E-state index contributed by atoms with van der Waals surface area (Å²) < 4.78 is 4.62. The number of ether oxygens (including phenoxy) is 1. The topological polar surface area (TPSA) is 81.0 Å². The van der Waals surface area contributed by atoms with Crippen molar-refractivity contribution in [2.75, 3.05) is 18.7 Å². The Bertz CT molecular complexity index is 338. The molecule has 84 valence electrons. The Balaban J connectivity index is 2.75. The van der Waals surface area contributed by atoms with Crippen LogP contribution in [0, 0.1) is 0 Å². The third kappa shape index (κ3) is 2.86. The predicted octanol–water partition coefficient (Wildman–Crippen LogP) is 1.34. The van der Waals surface area contributed by atoms with Crippen LogP contribution in [0.4, 0.5) is 5.82 Å². The van der Waals surface area contributed by atoms with Crippen LogP contribution >= 0.6 is 11.6 Å². The van der Waals surface area contributed by atoms with Crippen LogP contribution in [0.5, 0.6) is 0 Å². The van der Waals surface area contributed by atoms with Gasteiger partial charge in [-0.3, -0.25) is 5.10 Å². The molecule has 3 N–H and O–H groups in total. The van der Waals surface area contributed by atoms with Crippen LogP contribution in [0.25, 0.3) is 0 Å². The van der Waals surface area contributed by atoms with E-state index in [0.717, 1.165) is 12.8 Å². The first-order chi connectivity index (χ1) is 7.20. The summed E-state index contributed by atoms with van der Waals surface area (Å²) in [7, 11) is 1.32. The van der Waals surface area contributed by atoms with Crippen molar-refractivity contribution in [1.82, 2.24) is 10.2 Å². The average Bonchev–Trinajstić information content (AvgIpc) is 2.59. The zero-order chi connectivity index (χ0) is 11.3. The Morgan fingerprint density at radius 3 is 2.93 bits per heavy atom. The van der Waals surface area contributed by atoms with E-state index in [1.807, 2.05) is 0 Å². The van der Waals surface area contributed by atoms with E-state index < -0.39 is 5.97 Å². The molecule has 0 atom stereocenters. The molecule has 0 spiro atoms. The first kappa shape index (κ1) is 11.8. The quantitative estimate of drug-likeness (QED) is 0.455. The molecule has 5 nitrogen and oxygen atoms in total. The number of nitrogen functional groups attached to an aromatic ring is 1. The van der Waals surface area contributed by atoms with Gasteiger partial charge in [0.25, 0.3) is 0 Å². The fourth-order valence-electron chi connectivity index (χ4n) is 1.30. The lowest BCUT2D eigenvalue weighted by molar-refractivity contribution is 0.0600. The van der Waals surface area contributed by atoms with Gasteiger partial charge in [0.2, 0.25) is 0 Å². The molecule has 0 unspecified atom stereocenters. The van der Waals surface area contributed by atoms with Crippen LogP contribution < -0.4 is 5.73 Å². The molecule has 1 heterocycles. The normalized spacial score (nSPS) is 10.3. The summed E-state index contributed by atoms with van der Waals surface area (Å²) in [6, 6.07) is 0. The maximum Gasteiger partial charge on any atom is 0.343 e. The maximum atomic E-state index is 11.4. The molecule has 0 aliphatic rings. The predicted molar refractivity (Wildman–Crippen MR) is 58.0 cm³/mol. The maximum absolute atomic E-state index is 11.4. The third-order valence-corrected chi connectivity index (χ3v) is 2.34. The fraction of sp³-hybridized carbons (Fsp3) is 0.556. The fourth-order valence-corrected chi connectivity index (χ4v) is 1.49. The number of rotatable bonds is 5. The lowest BCUT2D eigenvalue weighted by Gasteiger charge is -2.01. The highest BCUT2D eigenvalue weighted by Gasteiger charge is 2.18. The summed E-state index contributed by atoms with van der Waals surface area (Å²) in [4.78, 5) is 11.4. The molecule has 1 aromatic rings. The zero-order valence-electron chi connectivity index (χ0n) is 8.55. The molecule has 6 heteroatoms. The summed E-state index contributed by atoms with van der Waals surface area (Å²) in [6.07, 6.45) is 2.47. The standard InChI is InChI=1S/C9H14ClN3O2/c1-15-9(14)7-6(4-2-3-5-10)12-13-8(7)11/h2-5H2,1H3,(H3,11,12,13). The van der Waals surface area contributed by atoms with Crippen LogP contribution in [-0.2, 0) is 11.2 Å². The molecule has 15 heavy (non-hydrogen) atoms. The number of nitrogens with one attached hydrogen (secondary N) is 1. The van der Waals surface area contributed by atoms with Crippen LogP contribution in [0.1, 0.15) is 28.9 Å². The Labute approximate surface area is 92.9 Å². The number of aromatic amines is 1. The van der Waals surface area contributed by atoms with Gasteiger partial charge < -0.3 is 10.5 Å². The summed E-state index contributed by atoms with van der Waals surface area (Å²) in [5.74, 6) is 0.335. The summed E-state index contributed by atoms with van der Waals surface area (Å²) in [6.45, 7) is 0. The average molecular weight is 232 g/mol. The van der Waals surface area contributed by atoms with E-state index in [9.17, 15) is 4.79 Å². The monoisotopic (exact) mass is 231 g/mol. The highest BCUT2D eigenvalue weighted by molar-refractivity contribution is 6.17. The second-order valence-corrected chi connectivity index (χ2v) is 3.48. The number of carbonyl (C=O) groups excluding carboxylic acids is 1. The first-order valence-corrected chi connectivity index (χ1v) is 5.21. The zero-order valence-corrected chi connectivity index (χ0v) is 9.30. The molecule has 0 amide bonds. The number of esters is 1. The van der Waals surface area contributed by atoms with Crippen molar-refractivity contribution < 1.29 is 9.53 Å². The van der Waals surface area contributed by atoms with E-state index in [1.54, 1.807) is 0 Å². The van der Waals surface area contributed by atoms with Gasteiger partial charge in [-0.15, -0.1) is 11.6 Å². The largest absolute Gasteiger partial charge is 0.465 e. The molecule has 0 fully saturated rings. The van der Waals surface area contributed by atoms with E-state index in [2.05, 4.69) is 14.9 Å². The number of aromatic nitrogens is 2. The lowest BCUT2D eigenvalue weighted by atomic mass is 10.1. The number of carbonyl (C=O) groups is 1. The molecular formula is C9H14ClN3O2. The molecular weight excluding hydrogens is 218 g/mol. The van der Waals surface area contributed by atoms with Crippen LogP contribution in [0.3, 0.4) is 0 Å². The van der Waals surface area contributed by atoms with E-state index in [1.165, 1.54) is 7.11 Å². The number of unbranched alkanes of at least 4 members (excludes halogenated alkanes) is 1. The minimum atomic E-state index is -0.456. The number of methoxy groups -OCH3 is 1. The summed E-state index contributed by atoms with van der Waals surface area (Å²) in [5, 5.41) is 6.51. The van der Waals surface area contributed by atoms with Gasteiger partial charge in [0.15, 0.2) is 5.82 Å². The summed E-state index contributed by atoms with van der Waals surface area (Å²) in [5.41, 5.74) is 6.61. The SMILES string of the molecule is COC(=O)c1c(N)n[nH]c1CCCCCl. The summed E-state index contributed by atoms with van der Waals surface area (Å²) >= 11 is 5.56. The van der Waals surface area contributed by atoms with Crippen molar-refractivity contribution in [2.45, 2.75) is 19.3 Å². The number of hydrogen-bond acceptors (Lipinski definition) is 4. The van der Waals surface area contributed by atoms with E-state index >= 15 is 0 Å². The molecule has 0 saturated carbocycles. The van der Waals surface area contributed by atoms with E-state index in [0.29, 0.717) is 23.6 Å². The first-order valence-electron chi connectivity index (χ1n) is 4.67. The minimum absolute atomic E-state index is 0.183. The van der Waals surface area contributed by atoms with Crippen LogP contribution in [-0.4, -0.2) is 29.2 Å². The minimum Gasteiger partial charge on any atom is -0.465 e. The number of nitrogens with two attached hydrogens (primary N) is 1. The molecule has 0 aliphatic heterocycles. The number of nitrogens with zero attached hydrogens (tertiary/aromatic N) is 1. The van der Waals surface area contributed by atoms with Gasteiger partial charge >= 0.3 is 5.97 Å². The van der Waals surface area contributed by atoms with Gasteiger partial charge in [0, 0.05) is 5.88 Å². The molecule has 1 aromatic heterocycles. The number of alkyl halides is 1. The highest BCUT2D eigenvalue weighted by atomic mass is 35.5.